The van der Waals surface area contributed by atoms with Crippen LogP contribution >= 0.6 is 25.0 Å². The number of thiol groups is 1. The number of rotatable bonds is 13. The van der Waals surface area contributed by atoms with Crippen LogP contribution in [-0.4, -0.2) is 208 Å². The van der Waals surface area contributed by atoms with Crippen molar-refractivity contribution in [3.05, 3.63) is 0 Å². The Labute approximate surface area is 378 Å². The van der Waals surface area contributed by atoms with Gasteiger partial charge in [0.1, 0.15) is 54.9 Å². The Morgan fingerprint density at radius 2 is 0.843 bits per heavy atom. The first-order chi connectivity index (χ1) is 20.9. The summed E-state index contributed by atoms with van der Waals surface area (Å²) >= 11 is 4.03. The SMILES string of the molecule is Cl.NC(CS)C(=O)O.O=S(O)S(=O)(=O)O.O=S([O-])([O-])=S.O=S([O-])O.OCC(O)C(O)C(O)C(O)CO.OCC(O)C(O)C(O)C(O)CO.[Na+].[Na+].[Na+]. The fourth-order valence-corrected chi connectivity index (χ4v) is 1.58. The number of aliphatic hydroxyl groups excluding tert-OH is 12. The van der Waals surface area contributed by atoms with Gasteiger partial charge in [0.15, 0.2) is 0 Å². The van der Waals surface area contributed by atoms with Crippen molar-refractivity contribution in [2.75, 3.05) is 32.2 Å². The van der Waals surface area contributed by atoms with Crippen molar-refractivity contribution in [3.63, 3.8) is 0 Å². The molecule has 0 amide bonds. The number of carboxylic acids is 1. The summed E-state index contributed by atoms with van der Waals surface area (Å²) in [5.74, 6) is -0.815. The predicted molar refractivity (Wildman–Crippen MR) is 164 cm³/mol. The molecule has 0 aromatic carbocycles. The van der Waals surface area contributed by atoms with Gasteiger partial charge in [-0.2, -0.15) is 21.0 Å². The Morgan fingerprint density at radius 3 is 0.882 bits per heavy atom. The van der Waals surface area contributed by atoms with Gasteiger partial charge in [-0.05, 0) is 11.2 Å². The molecule has 0 aliphatic carbocycles. The molecular weight excluding hydrogens is 891 g/mol. The van der Waals surface area contributed by atoms with Gasteiger partial charge in [-0.1, -0.05) is 0 Å². The van der Waals surface area contributed by atoms with Crippen LogP contribution in [0.15, 0.2) is 0 Å². The van der Waals surface area contributed by atoms with Crippen molar-refractivity contribution in [2.45, 2.75) is 54.9 Å². The minimum Gasteiger partial charge on any atom is -0.780 e. The largest absolute Gasteiger partial charge is 1.00 e. The number of hydrogen-bond acceptors (Lipinski definition) is 24. The number of hydrogen-bond donors (Lipinski definition) is 18. The molecule has 51 heavy (non-hydrogen) atoms. The average Bonchev–Trinajstić information content (AvgIpc) is 2.96. The molecule has 0 bridgehead atoms. The molecule has 0 aromatic heterocycles. The maximum atomic E-state index is 9.76. The summed E-state index contributed by atoms with van der Waals surface area (Å²) in [5, 5.41) is 112. The van der Waals surface area contributed by atoms with Crippen LogP contribution in [0.3, 0.4) is 0 Å². The van der Waals surface area contributed by atoms with Gasteiger partial charge in [-0.3, -0.25) is 18.1 Å². The molecule has 0 radical (unpaired) electrons. The van der Waals surface area contributed by atoms with E-state index in [1.807, 2.05) is 0 Å². The molecule has 0 rings (SSSR count). The molecular formula is C15H39ClNNa3O25S6. The van der Waals surface area contributed by atoms with E-state index in [4.69, 9.17) is 108 Å². The molecule has 0 aliphatic rings. The van der Waals surface area contributed by atoms with Crippen LogP contribution in [0, 0.1) is 0 Å². The van der Waals surface area contributed by atoms with Gasteiger partial charge in [-0.25, -0.2) is 8.42 Å². The number of nitrogens with two attached hydrogens (primary N) is 1. The van der Waals surface area contributed by atoms with E-state index in [0.717, 1.165) is 0 Å². The monoisotopic (exact) mass is 929 g/mol. The van der Waals surface area contributed by atoms with Gasteiger partial charge in [0.2, 0.25) is 0 Å². The maximum absolute atomic E-state index is 9.76. The Kier molecular flexibility index (Phi) is 70.1. The topological polar surface area (TPSA) is 521 Å². The van der Waals surface area contributed by atoms with E-state index in [2.05, 4.69) is 23.8 Å². The Bertz CT molecular complexity index is 974. The minimum atomic E-state index is -4.71. The molecule has 18 N–H and O–H groups in total. The van der Waals surface area contributed by atoms with Gasteiger partial charge >= 0.3 is 114 Å². The number of aliphatic hydroxyl groups is 12. The van der Waals surface area contributed by atoms with E-state index in [1.54, 1.807) is 0 Å². The summed E-state index contributed by atoms with van der Waals surface area (Å²) in [6, 6.07) is -0.816. The zero-order chi connectivity index (χ0) is 39.5. The third kappa shape index (κ3) is 62.4. The van der Waals surface area contributed by atoms with Gasteiger partial charge in [0.25, 0.3) is 0 Å². The van der Waals surface area contributed by atoms with Crippen LogP contribution in [0.5, 0.6) is 0 Å². The van der Waals surface area contributed by atoms with Crippen LogP contribution in [0.25, 0.3) is 0 Å². The summed E-state index contributed by atoms with van der Waals surface area (Å²) in [6.45, 7) is -2.90. The second kappa shape index (κ2) is 45.7. The minimum absolute atomic E-state index is 0. The summed E-state index contributed by atoms with van der Waals surface area (Å²) in [4.78, 5) is 9.76. The molecule has 36 heteroatoms. The van der Waals surface area contributed by atoms with Crippen LogP contribution in [-0.2, 0) is 55.7 Å². The van der Waals surface area contributed by atoms with Crippen molar-refractivity contribution in [1.82, 2.24) is 0 Å². The summed E-state index contributed by atoms with van der Waals surface area (Å²) in [7, 11) is -12.2. The molecule has 11 atom stereocenters. The van der Waals surface area contributed by atoms with Gasteiger partial charge in [0, 0.05) is 5.75 Å². The smallest absolute Gasteiger partial charge is 0.780 e. The van der Waals surface area contributed by atoms with Gasteiger partial charge in [-0.15, -0.1) is 21.5 Å². The van der Waals surface area contributed by atoms with Crippen LogP contribution in [0.4, 0.5) is 0 Å². The number of carboxylic acid groups (broad SMARTS) is 1. The fraction of sp³-hybridized carbons (Fsp3) is 0.933. The number of aliphatic carboxylic acids is 1. The quantitative estimate of drug-likeness (QED) is 0.0268. The maximum Gasteiger partial charge on any atom is 1.00 e. The van der Waals surface area contributed by atoms with Gasteiger partial charge in [0.05, 0.1) is 37.8 Å². The van der Waals surface area contributed by atoms with E-state index >= 15 is 0 Å². The van der Waals surface area contributed by atoms with Crippen molar-refractivity contribution in [2.24, 2.45) is 5.73 Å². The van der Waals surface area contributed by atoms with Crippen LogP contribution in [0.1, 0.15) is 0 Å². The van der Waals surface area contributed by atoms with E-state index in [1.165, 1.54) is 0 Å². The zero-order valence-corrected chi connectivity index (χ0v) is 38.3. The first-order valence-corrected chi connectivity index (χ1v) is 18.0. The molecule has 11 unspecified atom stereocenters. The number of halogens is 1. The van der Waals surface area contributed by atoms with E-state index < -0.39 is 127 Å². The summed E-state index contributed by atoms with van der Waals surface area (Å²) in [5.41, 5.74) is 4.94. The average molecular weight is 930 g/mol. The van der Waals surface area contributed by atoms with Crippen molar-refractivity contribution >= 4 is 81.9 Å². The molecule has 0 aliphatic heterocycles. The second-order valence-corrected chi connectivity index (χ2v) is 13.6. The standard InChI is InChI=1S/2C6H14O6.C3H7NO2S.ClH.3Na.H2O5S2.H2O3S2.H2O3S/c2*7-1-3(9)5(11)6(12)4(10)2-8;4-2(1-7)3(5)6;;;;;1-6(2)7(3,4)5;1-5(2,3)4;1-4(2)3/h2*3-12H,1-2H2;2,7H,1,4H2,(H,5,6);1H;;;;(H,1,2)(H,3,4,5);(H2,1,2,3,4);(H2,1,2,3)/q;;;;3*+1;;;/p-3. The number of carbonyl (C=O) groups is 1. The first kappa shape index (κ1) is 78.3. The first-order valence-electron chi connectivity index (χ1n) is 11.0. The van der Waals surface area contributed by atoms with E-state index in [0.29, 0.717) is 0 Å². The van der Waals surface area contributed by atoms with Crippen LogP contribution in [0.2, 0.25) is 0 Å². The van der Waals surface area contributed by atoms with Gasteiger partial charge < -0.3 is 90.3 Å². The van der Waals surface area contributed by atoms with Crippen LogP contribution < -0.4 is 94.4 Å². The Hall–Kier alpha value is 2.97. The van der Waals surface area contributed by atoms with E-state index in [9.17, 15) is 17.4 Å². The Morgan fingerprint density at radius 1 is 0.706 bits per heavy atom. The third-order valence-electron chi connectivity index (χ3n) is 3.72. The molecule has 0 heterocycles. The predicted octanol–water partition coefficient (Wildman–Crippen LogP) is -19.1. The zero-order valence-electron chi connectivity index (χ0n) is 26.5. The van der Waals surface area contributed by atoms with Crippen molar-refractivity contribution in [3.8, 4) is 0 Å². The summed E-state index contributed by atoms with van der Waals surface area (Å²) in [6.07, 6.45) is -12.8. The fourth-order valence-electron chi connectivity index (χ4n) is 1.42. The molecule has 0 spiro atoms. The normalized spacial score (nSPS) is 16.5. The third-order valence-corrected chi connectivity index (χ3v) is 5.55. The molecule has 300 valence electrons. The molecule has 0 saturated carbocycles. The summed E-state index contributed by atoms with van der Waals surface area (Å²) < 4.78 is 93.8. The van der Waals surface area contributed by atoms with Crippen molar-refractivity contribution in [1.29, 1.82) is 0 Å². The molecule has 0 saturated heterocycles. The Balaban J connectivity index is -0.0000000506. The molecule has 26 nitrogen and oxygen atoms in total. The molecule has 0 fully saturated rings. The van der Waals surface area contributed by atoms with E-state index in [-0.39, 0.29) is 107 Å². The van der Waals surface area contributed by atoms with Crippen molar-refractivity contribution < 1.29 is 208 Å². The second-order valence-electron chi connectivity index (χ2n) is 7.36. The molecule has 0 aromatic rings.